The zero-order chi connectivity index (χ0) is 12.0. The normalized spacial score (nSPS) is 10.5. The van der Waals surface area contributed by atoms with Crippen molar-refractivity contribution in [1.29, 1.82) is 0 Å². The molecule has 0 saturated carbocycles. The summed E-state index contributed by atoms with van der Waals surface area (Å²) in [5, 5.41) is 12.2. The maximum absolute atomic E-state index is 12.9. The molecule has 90 valence electrons. The summed E-state index contributed by atoms with van der Waals surface area (Å²) in [6.07, 6.45) is 2.62. The molecule has 1 rings (SSSR count). The van der Waals surface area contributed by atoms with Crippen LogP contribution in [0.5, 0.6) is 0 Å². The van der Waals surface area contributed by atoms with Crippen LogP contribution < -0.4 is 5.32 Å². The second-order valence-electron chi connectivity index (χ2n) is 3.46. The second-order valence-corrected chi connectivity index (χ2v) is 4.27. The van der Waals surface area contributed by atoms with Crippen molar-refractivity contribution in [3.05, 3.63) is 28.0 Å². The Bertz CT molecular complexity index is 324. The second kappa shape index (κ2) is 6.94. The number of hydrogen-bond acceptors (Lipinski definition) is 2. The van der Waals surface area contributed by atoms with Crippen LogP contribution in [-0.2, 0) is 0 Å². The van der Waals surface area contributed by atoms with E-state index in [1.54, 1.807) is 0 Å². The van der Waals surface area contributed by atoms with E-state index >= 15 is 0 Å². The highest BCUT2D eigenvalue weighted by Gasteiger charge is 2.07. The molecule has 0 aliphatic heterocycles. The van der Waals surface area contributed by atoms with Gasteiger partial charge in [-0.2, -0.15) is 0 Å². The topological polar surface area (TPSA) is 32.3 Å². The highest BCUT2D eigenvalue weighted by Crippen LogP contribution is 2.31. The van der Waals surface area contributed by atoms with Crippen molar-refractivity contribution >= 4 is 28.9 Å². The summed E-state index contributed by atoms with van der Waals surface area (Å²) < 4.78 is 12.9. The third-order valence-corrected chi connectivity index (χ3v) is 2.74. The molecule has 0 aliphatic rings. The van der Waals surface area contributed by atoms with Gasteiger partial charge in [0.2, 0.25) is 0 Å². The molecular weight excluding hydrogens is 252 g/mol. The molecule has 5 heteroatoms. The minimum absolute atomic E-state index is 0.206. The average Bonchev–Trinajstić information content (AvgIpc) is 2.20. The van der Waals surface area contributed by atoms with E-state index in [9.17, 15) is 4.39 Å². The SMILES string of the molecule is OCCCCCNc1c(Cl)cc(F)cc1Cl. The molecule has 0 aromatic heterocycles. The van der Waals surface area contributed by atoms with Crippen LogP contribution in [0.1, 0.15) is 19.3 Å². The van der Waals surface area contributed by atoms with E-state index in [0.29, 0.717) is 12.2 Å². The third kappa shape index (κ3) is 4.16. The Balaban J connectivity index is 2.47. The van der Waals surface area contributed by atoms with Gasteiger partial charge in [-0.1, -0.05) is 23.2 Å². The van der Waals surface area contributed by atoms with Gasteiger partial charge in [0.1, 0.15) is 5.82 Å². The number of unbranched alkanes of at least 4 members (excludes halogenated alkanes) is 2. The first-order valence-corrected chi connectivity index (χ1v) is 5.90. The lowest BCUT2D eigenvalue weighted by Gasteiger charge is -2.10. The summed E-state index contributed by atoms with van der Waals surface area (Å²) in [5.74, 6) is -0.444. The van der Waals surface area contributed by atoms with Crippen LogP contribution in [0.2, 0.25) is 10.0 Å². The van der Waals surface area contributed by atoms with Crippen LogP contribution in [0, 0.1) is 5.82 Å². The van der Waals surface area contributed by atoms with E-state index < -0.39 is 5.82 Å². The smallest absolute Gasteiger partial charge is 0.126 e. The van der Waals surface area contributed by atoms with Gasteiger partial charge >= 0.3 is 0 Å². The monoisotopic (exact) mass is 265 g/mol. The molecule has 0 radical (unpaired) electrons. The van der Waals surface area contributed by atoms with Crippen molar-refractivity contribution in [3.63, 3.8) is 0 Å². The molecule has 1 aromatic rings. The minimum Gasteiger partial charge on any atom is -0.396 e. The maximum Gasteiger partial charge on any atom is 0.126 e. The maximum atomic E-state index is 12.9. The number of aliphatic hydroxyl groups excluding tert-OH is 1. The van der Waals surface area contributed by atoms with Crippen LogP contribution >= 0.6 is 23.2 Å². The Kier molecular flexibility index (Phi) is 5.88. The molecule has 0 spiro atoms. The van der Waals surface area contributed by atoms with Crippen molar-refractivity contribution in [1.82, 2.24) is 0 Å². The predicted octanol–water partition coefficient (Wildman–Crippen LogP) is 3.71. The van der Waals surface area contributed by atoms with Gasteiger partial charge in [0.25, 0.3) is 0 Å². The van der Waals surface area contributed by atoms with Crippen LogP contribution in [-0.4, -0.2) is 18.3 Å². The van der Waals surface area contributed by atoms with Crippen molar-refractivity contribution in [2.45, 2.75) is 19.3 Å². The van der Waals surface area contributed by atoms with Gasteiger partial charge in [-0.15, -0.1) is 0 Å². The van der Waals surface area contributed by atoms with Gasteiger partial charge in [0, 0.05) is 13.2 Å². The molecule has 1 aromatic carbocycles. The van der Waals surface area contributed by atoms with Gasteiger partial charge in [-0.05, 0) is 31.4 Å². The summed E-state index contributed by atoms with van der Waals surface area (Å²) in [6, 6.07) is 2.45. The molecule has 0 unspecified atom stereocenters. The lowest BCUT2D eigenvalue weighted by molar-refractivity contribution is 0.283. The van der Waals surface area contributed by atoms with Crippen molar-refractivity contribution in [2.24, 2.45) is 0 Å². The number of aliphatic hydroxyl groups is 1. The van der Waals surface area contributed by atoms with Gasteiger partial charge in [0.15, 0.2) is 0 Å². The van der Waals surface area contributed by atoms with Crippen LogP contribution in [0.4, 0.5) is 10.1 Å². The molecule has 2 N–H and O–H groups in total. The first kappa shape index (κ1) is 13.6. The molecule has 0 atom stereocenters. The van der Waals surface area contributed by atoms with E-state index in [1.807, 2.05) is 0 Å². The highest BCUT2D eigenvalue weighted by atomic mass is 35.5. The summed E-state index contributed by atoms with van der Waals surface area (Å²) in [6.45, 7) is 0.906. The minimum atomic E-state index is -0.444. The number of anilines is 1. The van der Waals surface area contributed by atoms with Crippen LogP contribution in [0.15, 0.2) is 12.1 Å². The van der Waals surface area contributed by atoms with Crippen molar-refractivity contribution in [3.8, 4) is 0 Å². The fourth-order valence-corrected chi connectivity index (χ4v) is 1.93. The Morgan fingerprint density at radius 3 is 2.31 bits per heavy atom. The van der Waals surface area contributed by atoms with Crippen molar-refractivity contribution < 1.29 is 9.50 Å². The average molecular weight is 266 g/mol. The fourth-order valence-electron chi connectivity index (χ4n) is 1.34. The molecule has 0 fully saturated rings. The van der Waals surface area contributed by atoms with Crippen LogP contribution in [0.3, 0.4) is 0 Å². The van der Waals surface area contributed by atoms with Crippen molar-refractivity contribution in [2.75, 3.05) is 18.5 Å². The Hall–Kier alpha value is -0.510. The molecule has 0 saturated heterocycles. The van der Waals surface area contributed by atoms with E-state index in [2.05, 4.69) is 5.32 Å². The zero-order valence-electron chi connectivity index (χ0n) is 8.77. The summed E-state index contributed by atoms with van der Waals surface area (Å²) >= 11 is 11.7. The van der Waals surface area contributed by atoms with E-state index in [-0.39, 0.29) is 16.7 Å². The molecule has 0 heterocycles. The molecule has 0 aliphatic carbocycles. The number of benzene rings is 1. The quantitative estimate of drug-likeness (QED) is 0.769. The number of rotatable bonds is 6. The fraction of sp³-hybridized carbons (Fsp3) is 0.455. The predicted molar refractivity (Wildman–Crippen MR) is 65.8 cm³/mol. The molecule has 16 heavy (non-hydrogen) atoms. The standard InChI is InChI=1S/C11H14Cl2FNO/c12-9-6-8(14)7-10(13)11(9)15-4-2-1-3-5-16/h6-7,15-16H,1-5H2. The number of hydrogen-bond donors (Lipinski definition) is 2. The summed E-state index contributed by atoms with van der Waals surface area (Å²) in [4.78, 5) is 0. The molecular formula is C11H14Cl2FNO. The first-order valence-electron chi connectivity index (χ1n) is 5.14. The Labute approximate surface area is 104 Å². The van der Waals surface area contributed by atoms with Gasteiger partial charge < -0.3 is 10.4 Å². The number of nitrogens with one attached hydrogen (secondary N) is 1. The van der Waals surface area contributed by atoms with E-state index in [4.69, 9.17) is 28.3 Å². The van der Waals surface area contributed by atoms with E-state index in [1.165, 1.54) is 12.1 Å². The van der Waals surface area contributed by atoms with Gasteiger partial charge in [0.05, 0.1) is 15.7 Å². The zero-order valence-corrected chi connectivity index (χ0v) is 10.3. The Morgan fingerprint density at radius 2 is 1.75 bits per heavy atom. The van der Waals surface area contributed by atoms with Gasteiger partial charge in [-0.25, -0.2) is 4.39 Å². The molecule has 2 nitrogen and oxygen atoms in total. The lowest BCUT2D eigenvalue weighted by atomic mass is 10.2. The van der Waals surface area contributed by atoms with E-state index in [0.717, 1.165) is 19.3 Å². The lowest BCUT2D eigenvalue weighted by Crippen LogP contribution is -2.03. The molecule has 0 amide bonds. The van der Waals surface area contributed by atoms with Gasteiger partial charge in [-0.3, -0.25) is 0 Å². The first-order chi connectivity index (χ1) is 7.65. The largest absolute Gasteiger partial charge is 0.396 e. The Morgan fingerprint density at radius 1 is 1.12 bits per heavy atom. The summed E-state index contributed by atoms with van der Waals surface area (Å²) in [7, 11) is 0. The van der Waals surface area contributed by atoms with Crippen LogP contribution in [0.25, 0.3) is 0 Å². The summed E-state index contributed by atoms with van der Waals surface area (Å²) in [5.41, 5.74) is 0.564. The number of halogens is 3. The molecule has 0 bridgehead atoms. The highest BCUT2D eigenvalue weighted by molar-refractivity contribution is 6.39. The third-order valence-electron chi connectivity index (χ3n) is 2.14.